The average molecular weight is 409 g/mol. The molecule has 0 aliphatic heterocycles. The summed E-state index contributed by atoms with van der Waals surface area (Å²) in [5.41, 5.74) is 2.49. The third kappa shape index (κ3) is 3.34. The third-order valence-corrected chi connectivity index (χ3v) is 5.21. The van der Waals surface area contributed by atoms with Crippen molar-refractivity contribution in [3.63, 3.8) is 0 Å². The van der Waals surface area contributed by atoms with Gasteiger partial charge in [-0.15, -0.1) is 0 Å². The largest absolute Gasteiger partial charge is 0.269 e. The first kappa shape index (κ1) is 18.7. The van der Waals surface area contributed by atoms with Gasteiger partial charge in [-0.2, -0.15) is 10.1 Å². The molecule has 4 rings (SSSR count). The Balaban J connectivity index is 2.06. The molecule has 29 heavy (non-hydrogen) atoms. The van der Waals surface area contributed by atoms with Crippen molar-refractivity contribution in [1.82, 2.24) is 19.7 Å². The topological polar surface area (TPSA) is 121 Å². The van der Waals surface area contributed by atoms with Crippen LogP contribution in [0, 0.1) is 17.0 Å². The molecule has 10 heteroatoms. The molecule has 2 aromatic heterocycles. The van der Waals surface area contributed by atoms with E-state index in [-0.39, 0.29) is 10.8 Å². The van der Waals surface area contributed by atoms with Gasteiger partial charge in [0.15, 0.2) is 5.65 Å². The minimum Gasteiger partial charge on any atom is -0.258 e. The van der Waals surface area contributed by atoms with Gasteiger partial charge in [-0.05, 0) is 31.2 Å². The molecule has 4 aromatic rings. The van der Waals surface area contributed by atoms with Gasteiger partial charge in [0, 0.05) is 24.0 Å². The summed E-state index contributed by atoms with van der Waals surface area (Å²) in [7, 11) is -3.71. The van der Waals surface area contributed by atoms with Gasteiger partial charge in [-0.3, -0.25) is 10.1 Å². The number of nitrogens with zero attached hydrogens (tertiary/aromatic N) is 5. The fourth-order valence-electron chi connectivity index (χ4n) is 3.03. The zero-order valence-corrected chi connectivity index (χ0v) is 16.3. The van der Waals surface area contributed by atoms with Gasteiger partial charge in [-0.25, -0.2) is 18.1 Å². The first-order valence-electron chi connectivity index (χ1n) is 8.53. The number of aromatic nitrogens is 4. The highest BCUT2D eigenvalue weighted by atomic mass is 32.2. The lowest BCUT2D eigenvalue weighted by Gasteiger charge is -2.07. The lowest BCUT2D eigenvalue weighted by atomic mass is 10.1. The Labute approximate surface area is 165 Å². The smallest absolute Gasteiger partial charge is 0.258 e. The van der Waals surface area contributed by atoms with Crippen LogP contribution in [0.15, 0.2) is 59.8 Å². The molecule has 0 saturated carbocycles. The molecule has 0 amide bonds. The van der Waals surface area contributed by atoms with Crippen LogP contribution in [-0.4, -0.2) is 39.3 Å². The normalized spacial score (nSPS) is 11.7. The fourth-order valence-corrected chi connectivity index (χ4v) is 3.54. The quantitative estimate of drug-likeness (QED) is 0.288. The Morgan fingerprint density at radius 2 is 1.66 bits per heavy atom. The van der Waals surface area contributed by atoms with E-state index in [1.54, 1.807) is 11.6 Å². The van der Waals surface area contributed by atoms with E-state index in [0.29, 0.717) is 28.0 Å². The summed E-state index contributed by atoms with van der Waals surface area (Å²) in [4.78, 5) is 19.0. The maximum atomic E-state index is 12.2. The van der Waals surface area contributed by atoms with Crippen LogP contribution in [0.3, 0.4) is 0 Å². The van der Waals surface area contributed by atoms with Crippen molar-refractivity contribution in [1.29, 1.82) is 0 Å². The van der Waals surface area contributed by atoms with Crippen LogP contribution in [0.2, 0.25) is 0 Å². The summed E-state index contributed by atoms with van der Waals surface area (Å²) < 4.78 is 26.0. The minimum absolute atomic E-state index is 0.0703. The van der Waals surface area contributed by atoms with E-state index in [0.717, 1.165) is 11.9 Å². The van der Waals surface area contributed by atoms with Crippen molar-refractivity contribution in [2.24, 2.45) is 0 Å². The maximum absolute atomic E-state index is 12.2. The van der Waals surface area contributed by atoms with E-state index >= 15 is 0 Å². The van der Waals surface area contributed by atoms with Gasteiger partial charge in [0.05, 0.1) is 27.4 Å². The molecule has 0 aliphatic rings. The molecule has 2 aromatic carbocycles. The molecule has 0 saturated heterocycles. The SMILES string of the molecule is Cc1nn(-c2ccccc2)c2nc(S(C)(=O)=O)nc(-c3ccc([N+](=O)[O-])cc3)c12. The predicted octanol–water partition coefficient (Wildman–Crippen LogP) is 3.10. The lowest BCUT2D eigenvalue weighted by Crippen LogP contribution is -2.07. The average Bonchev–Trinajstić information content (AvgIpc) is 3.04. The summed E-state index contributed by atoms with van der Waals surface area (Å²) in [6.45, 7) is 1.78. The first-order chi connectivity index (χ1) is 13.8. The van der Waals surface area contributed by atoms with Crippen LogP contribution < -0.4 is 0 Å². The van der Waals surface area contributed by atoms with Gasteiger partial charge in [0.2, 0.25) is 15.0 Å². The molecule has 2 heterocycles. The lowest BCUT2D eigenvalue weighted by molar-refractivity contribution is -0.384. The molecular formula is C19H15N5O4S. The number of hydrogen-bond acceptors (Lipinski definition) is 7. The zero-order valence-electron chi connectivity index (χ0n) is 15.5. The fraction of sp³-hybridized carbons (Fsp3) is 0.105. The Morgan fingerprint density at radius 1 is 1.00 bits per heavy atom. The van der Waals surface area contributed by atoms with E-state index in [9.17, 15) is 18.5 Å². The van der Waals surface area contributed by atoms with Crippen molar-refractivity contribution >= 4 is 26.6 Å². The van der Waals surface area contributed by atoms with Crippen molar-refractivity contribution in [3.05, 3.63) is 70.4 Å². The highest BCUT2D eigenvalue weighted by Crippen LogP contribution is 2.31. The van der Waals surface area contributed by atoms with Gasteiger partial charge < -0.3 is 0 Å². The number of sulfone groups is 1. The Hall–Kier alpha value is -3.66. The monoisotopic (exact) mass is 409 g/mol. The molecule has 0 N–H and O–H groups in total. The Bertz CT molecular complexity index is 1350. The van der Waals surface area contributed by atoms with Gasteiger partial charge in [-0.1, -0.05) is 18.2 Å². The van der Waals surface area contributed by atoms with Crippen LogP contribution in [0.5, 0.6) is 0 Å². The highest BCUT2D eigenvalue weighted by Gasteiger charge is 2.22. The van der Waals surface area contributed by atoms with E-state index < -0.39 is 14.8 Å². The second-order valence-corrected chi connectivity index (χ2v) is 8.37. The van der Waals surface area contributed by atoms with E-state index in [1.807, 2.05) is 30.3 Å². The van der Waals surface area contributed by atoms with E-state index in [1.165, 1.54) is 24.3 Å². The molecule has 0 atom stereocenters. The van der Waals surface area contributed by atoms with E-state index in [2.05, 4.69) is 15.1 Å². The van der Waals surface area contributed by atoms with Crippen LogP contribution in [0.25, 0.3) is 28.0 Å². The molecule has 0 radical (unpaired) electrons. The molecule has 9 nitrogen and oxygen atoms in total. The molecular weight excluding hydrogens is 394 g/mol. The number of fused-ring (bicyclic) bond motifs is 1. The van der Waals surface area contributed by atoms with Crippen molar-refractivity contribution < 1.29 is 13.3 Å². The number of nitro groups is 1. The second kappa shape index (κ2) is 6.74. The predicted molar refractivity (Wildman–Crippen MR) is 107 cm³/mol. The molecule has 0 unspecified atom stereocenters. The number of hydrogen-bond donors (Lipinski definition) is 0. The zero-order chi connectivity index (χ0) is 20.8. The van der Waals surface area contributed by atoms with Gasteiger partial charge in [0.25, 0.3) is 5.69 Å². The molecule has 0 aliphatic carbocycles. The summed E-state index contributed by atoms with van der Waals surface area (Å²) in [6.07, 6.45) is 1.03. The van der Waals surface area contributed by atoms with Crippen molar-refractivity contribution in [3.8, 4) is 16.9 Å². The maximum Gasteiger partial charge on any atom is 0.269 e. The highest BCUT2D eigenvalue weighted by molar-refractivity contribution is 7.90. The number of benzene rings is 2. The number of aryl methyl sites for hydroxylation is 1. The Kier molecular flexibility index (Phi) is 4.35. The van der Waals surface area contributed by atoms with Crippen LogP contribution in [-0.2, 0) is 9.84 Å². The van der Waals surface area contributed by atoms with Gasteiger partial charge in [0.1, 0.15) is 0 Å². The standard InChI is InChI=1S/C19H15N5O4S/c1-12-16-17(13-8-10-15(11-9-13)24(25)26)20-19(29(2,27)28)21-18(16)23(22-12)14-6-4-3-5-7-14/h3-11H,1-2H3. The minimum atomic E-state index is -3.71. The first-order valence-corrected chi connectivity index (χ1v) is 10.4. The molecule has 146 valence electrons. The molecule has 0 bridgehead atoms. The molecule has 0 fully saturated rings. The number of non-ortho nitro benzene ring substituents is 1. The summed E-state index contributed by atoms with van der Waals surface area (Å²) in [5.74, 6) is 0. The summed E-state index contributed by atoms with van der Waals surface area (Å²) >= 11 is 0. The number of nitro benzene ring substituents is 1. The second-order valence-electron chi connectivity index (χ2n) is 6.46. The summed E-state index contributed by atoms with van der Waals surface area (Å²) in [6, 6.07) is 15.0. The Morgan fingerprint density at radius 3 is 2.24 bits per heavy atom. The van der Waals surface area contributed by atoms with Crippen LogP contribution in [0.1, 0.15) is 5.69 Å². The van der Waals surface area contributed by atoms with Crippen molar-refractivity contribution in [2.45, 2.75) is 12.1 Å². The molecule has 0 spiro atoms. The third-order valence-electron chi connectivity index (χ3n) is 4.37. The van der Waals surface area contributed by atoms with Crippen LogP contribution >= 0.6 is 0 Å². The number of rotatable bonds is 4. The van der Waals surface area contributed by atoms with Crippen molar-refractivity contribution in [2.75, 3.05) is 6.26 Å². The van der Waals surface area contributed by atoms with E-state index in [4.69, 9.17) is 0 Å². The number of para-hydroxylation sites is 1. The van der Waals surface area contributed by atoms with Crippen LogP contribution in [0.4, 0.5) is 5.69 Å². The summed E-state index contributed by atoms with van der Waals surface area (Å²) in [5, 5.41) is 15.7. The van der Waals surface area contributed by atoms with Gasteiger partial charge >= 0.3 is 0 Å².